The van der Waals surface area contributed by atoms with E-state index < -0.39 is 8.07 Å². The molecule has 11 rings (SSSR count). The lowest BCUT2D eigenvalue weighted by atomic mass is 10.1. The third-order valence-electron chi connectivity index (χ3n) is 11.1. The molecule has 5 nitrogen and oxygen atoms in total. The van der Waals surface area contributed by atoms with Crippen LogP contribution in [0.1, 0.15) is 0 Å². The van der Waals surface area contributed by atoms with Gasteiger partial charge < -0.3 is 4.90 Å². The maximum Gasteiger partial charge on any atom is 0.184 e. The lowest BCUT2D eigenvalue weighted by molar-refractivity contribution is 1.11. The largest absolute Gasteiger partial charge is 0.311 e. The van der Waals surface area contributed by atoms with Gasteiger partial charge in [0.2, 0.25) is 0 Å². The van der Waals surface area contributed by atoms with Gasteiger partial charge >= 0.3 is 0 Å². The molecule has 0 aliphatic carbocycles. The number of anilines is 3. The van der Waals surface area contributed by atoms with Gasteiger partial charge in [-0.2, -0.15) is 0 Å². The average molecular weight is 720 g/mol. The summed E-state index contributed by atoms with van der Waals surface area (Å²) in [5, 5.41) is 7.52. The zero-order valence-corrected chi connectivity index (χ0v) is 30.8. The number of para-hydroxylation sites is 3. The zero-order chi connectivity index (χ0) is 36.3. The molecule has 258 valence electrons. The number of nitrogens with zero attached hydrogens (tertiary/aromatic N) is 5. The van der Waals surface area contributed by atoms with Gasteiger partial charge in [-0.1, -0.05) is 115 Å². The predicted molar refractivity (Wildman–Crippen MR) is 229 cm³/mol. The highest BCUT2D eigenvalue weighted by Gasteiger charge is 2.48. The lowest BCUT2D eigenvalue weighted by Gasteiger charge is -2.45. The number of pyridine rings is 2. The lowest BCUT2D eigenvalue weighted by Crippen LogP contribution is -2.77. The molecule has 4 heterocycles. The SMILES string of the molecule is c1ccc(-n2c(-c3ccc(N4c5ccccc5[Si](c5ccccc5)(c5ccccc5)c5ccccc54)cc3)nc3c4cccnc4c4ncccc4c32)cc1. The molecular formula is C49H33N5Si. The fraction of sp³-hybridized carbons (Fsp3) is 0. The van der Waals surface area contributed by atoms with Gasteiger partial charge in [0, 0.05) is 51.5 Å². The first-order valence-corrected chi connectivity index (χ1v) is 20.6. The number of rotatable bonds is 5. The van der Waals surface area contributed by atoms with Crippen LogP contribution in [0.4, 0.5) is 17.1 Å². The first-order chi connectivity index (χ1) is 27.3. The van der Waals surface area contributed by atoms with Crippen molar-refractivity contribution in [2.24, 2.45) is 0 Å². The summed E-state index contributed by atoms with van der Waals surface area (Å²) in [4.78, 5) is 17.5. The van der Waals surface area contributed by atoms with Crippen LogP contribution >= 0.6 is 0 Å². The Kier molecular flexibility index (Phi) is 7.12. The van der Waals surface area contributed by atoms with Crippen LogP contribution in [-0.2, 0) is 0 Å². The van der Waals surface area contributed by atoms with Gasteiger partial charge in [0.1, 0.15) is 5.82 Å². The van der Waals surface area contributed by atoms with Crippen LogP contribution in [0.25, 0.3) is 49.9 Å². The molecule has 0 spiro atoms. The van der Waals surface area contributed by atoms with E-state index in [1.54, 1.807) is 0 Å². The molecule has 0 saturated heterocycles. The van der Waals surface area contributed by atoms with E-state index in [4.69, 9.17) is 15.0 Å². The molecule has 0 N–H and O–H groups in total. The van der Waals surface area contributed by atoms with Crippen LogP contribution in [0, 0.1) is 0 Å². The van der Waals surface area contributed by atoms with E-state index in [9.17, 15) is 0 Å². The van der Waals surface area contributed by atoms with Gasteiger partial charge in [0.05, 0.1) is 22.1 Å². The Morgan fingerprint density at radius 2 is 0.909 bits per heavy atom. The van der Waals surface area contributed by atoms with E-state index in [0.717, 1.165) is 55.6 Å². The summed E-state index contributed by atoms with van der Waals surface area (Å²) >= 11 is 0. The van der Waals surface area contributed by atoms with Crippen molar-refractivity contribution >= 4 is 78.7 Å². The summed E-state index contributed by atoms with van der Waals surface area (Å²) in [7, 11) is -2.69. The van der Waals surface area contributed by atoms with Gasteiger partial charge in [-0.15, -0.1) is 0 Å². The second kappa shape index (κ2) is 12.5. The molecule has 0 bridgehead atoms. The maximum absolute atomic E-state index is 5.42. The number of hydrogen-bond donors (Lipinski definition) is 0. The Bertz CT molecular complexity index is 2950. The second-order valence-electron chi connectivity index (χ2n) is 14.0. The summed E-state index contributed by atoms with van der Waals surface area (Å²) in [5.74, 6) is 0.869. The van der Waals surface area contributed by atoms with E-state index in [1.165, 1.54) is 32.1 Å². The summed E-state index contributed by atoms with van der Waals surface area (Å²) in [6, 6.07) is 68.0. The Morgan fingerprint density at radius 1 is 0.400 bits per heavy atom. The topological polar surface area (TPSA) is 46.8 Å². The van der Waals surface area contributed by atoms with Crippen LogP contribution in [0.5, 0.6) is 0 Å². The smallest absolute Gasteiger partial charge is 0.184 e. The molecule has 55 heavy (non-hydrogen) atoms. The minimum atomic E-state index is -2.69. The Hall–Kier alpha value is -7.15. The summed E-state index contributed by atoms with van der Waals surface area (Å²) in [5.41, 5.74) is 9.25. The van der Waals surface area contributed by atoms with Crippen LogP contribution in [0.15, 0.2) is 200 Å². The summed E-state index contributed by atoms with van der Waals surface area (Å²) in [6.45, 7) is 0. The van der Waals surface area contributed by atoms with Crippen LogP contribution < -0.4 is 25.6 Å². The summed E-state index contributed by atoms with van der Waals surface area (Å²) in [6.07, 6.45) is 3.67. The fourth-order valence-electron chi connectivity index (χ4n) is 8.90. The molecule has 0 saturated carbocycles. The van der Waals surface area contributed by atoms with Crippen molar-refractivity contribution in [3.8, 4) is 17.1 Å². The predicted octanol–water partition coefficient (Wildman–Crippen LogP) is 8.95. The zero-order valence-electron chi connectivity index (χ0n) is 29.8. The number of imidazole rings is 1. The van der Waals surface area contributed by atoms with Crippen molar-refractivity contribution in [1.29, 1.82) is 0 Å². The molecule has 0 radical (unpaired) electrons. The molecule has 1 aliphatic rings. The molecule has 6 heteroatoms. The molecule has 10 aromatic rings. The average Bonchev–Trinajstić information content (AvgIpc) is 3.68. The Morgan fingerprint density at radius 3 is 1.51 bits per heavy atom. The van der Waals surface area contributed by atoms with Crippen molar-refractivity contribution in [1.82, 2.24) is 19.5 Å². The van der Waals surface area contributed by atoms with Gasteiger partial charge in [-0.25, -0.2) is 4.98 Å². The third-order valence-corrected chi connectivity index (χ3v) is 16.0. The van der Waals surface area contributed by atoms with Crippen molar-refractivity contribution in [3.05, 3.63) is 200 Å². The van der Waals surface area contributed by atoms with Crippen LogP contribution in [-0.4, -0.2) is 27.6 Å². The Balaban J connectivity index is 1.13. The van der Waals surface area contributed by atoms with Gasteiger partial charge in [-0.05, 0) is 93.5 Å². The number of fused-ring (bicyclic) bond motifs is 8. The molecule has 1 aliphatic heterocycles. The summed E-state index contributed by atoms with van der Waals surface area (Å²) < 4.78 is 2.28. The van der Waals surface area contributed by atoms with Gasteiger partial charge in [0.15, 0.2) is 8.07 Å². The van der Waals surface area contributed by atoms with Crippen LogP contribution in [0.3, 0.4) is 0 Å². The van der Waals surface area contributed by atoms with E-state index in [-0.39, 0.29) is 0 Å². The number of aromatic nitrogens is 4. The fourth-order valence-corrected chi connectivity index (χ4v) is 14.0. The highest BCUT2D eigenvalue weighted by Crippen LogP contribution is 2.41. The van der Waals surface area contributed by atoms with E-state index in [2.05, 4.69) is 185 Å². The first-order valence-electron chi connectivity index (χ1n) is 18.6. The molecule has 7 aromatic carbocycles. The minimum Gasteiger partial charge on any atom is -0.311 e. The molecule has 0 atom stereocenters. The van der Waals surface area contributed by atoms with Crippen LogP contribution in [0.2, 0.25) is 0 Å². The third kappa shape index (κ3) is 4.62. The number of hydrogen-bond acceptors (Lipinski definition) is 4. The standard InChI is InChI=1S/C49H33N5Si/c1-4-16-35(17-5-1)54-48-40-23-15-33-51-46(40)45-39(22-14-32-50-45)47(48)52-49(54)34-28-30-36(31-29-34)53-41-24-10-12-26-43(41)55(37-18-6-2-7-19-37,38-20-8-3-9-21-38)44-27-13-11-25-42(44)53/h1-33H. The van der Waals surface area contributed by atoms with E-state index in [1.807, 2.05) is 24.5 Å². The second-order valence-corrected chi connectivity index (χ2v) is 17.7. The monoisotopic (exact) mass is 719 g/mol. The molecule has 0 unspecified atom stereocenters. The molecular weight excluding hydrogens is 687 g/mol. The van der Waals surface area contributed by atoms with Gasteiger partial charge in [0.25, 0.3) is 0 Å². The maximum atomic E-state index is 5.42. The Labute approximate surface area is 319 Å². The van der Waals surface area contributed by atoms with E-state index >= 15 is 0 Å². The van der Waals surface area contributed by atoms with E-state index in [0.29, 0.717) is 0 Å². The molecule has 3 aromatic heterocycles. The van der Waals surface area contributed by atoms with Crippen molar-refractivity contribution in [2.45, 2.75) is 0 Å². The molecule has 0 fully saturated rings. The van der Waals surface area contributed by atoms with Crippen molar-refractivity contribution in [2.75, 3.05) is 4.90 Å². The van der Waals surface area contributed by atoms with Crippen molar-refractivity contribution in [3.63, 3.8) is 0 Å². The minimum absolute atomic E-state index is 0.860. The first kappa shape index (κ1) is 31.4. The van der Waals surface area contributed by atoms with Gasteiger partial charge in [-0.3, -0.25) is 14.5 Å². The highest BCUT2D eigenvalue weighted by atomic mass is 28.3. The highest BCUT2D eigenvalue weighted by molar-refractivity contribution is 7.21. The quantitative estimate of drug-likeness (QED) is 0.132. The van der Waals surface area contributed by atoms with Crippen molar-refractivity contribution < 1.29 is 0 Å². The number of benzene rings is 7. The normalized spacial score (nSPS) is 13.2. The molecule has 0 amide bonds.